The zero-order chi connectivity index (χ0) is 15.8. The van der Waals surface area contributed by atoms with Crippen LogP contribution < -0.4 is 0 Å². The van der Waals surface area contributed by atoms with Crippen LogP contribution in [0.15, 0.2) is 6.33 Å². The van der Waals surface area contributed by atoms with Crippen LogP contribution in [0.2, 0.25) is 0 Å². The molecule has 1 aliphatic heterocycles. The second-order valence-electron chi connectivity index (χ2n) is 6.75. The predicted octanol–water partition coefficient (Wildman–Crippen LogP) is 1.28. The lowest BCUT2D eigenvalue weighted by Crippen LogP contribution is -2.50. The number of esters is 1. The van der Waals surface area contributed by atoms with Gasteiger partial charge in [0, 0.05) is 19.9 Å². The molecule has 1 amide bonds. The Morgan fingerprint density at radius 1 is 1.43 bits per heavy atom. The molecule has 1 unspecified atom stereocenters. The van der Waals surface area contributed by atoms with Gasteiger partial charge in [-0.2, -0.15) is 0 Å². The number of hydrogen-bond donors (Lipinski definition) is 0. The average molecular weight is 293 g/mol. The molecule has 2 rings (SSSR count). The number of rotatable bonds is 2. The van der Waals surface area contributed by atoms with Crippen LogP contribution in [0.1, 0.15) is 38.6 Å². The largest absolute Gasteiger partial charge is 0.467 e. The standard InChI is InChI=1S/C15H23N3O3/c1-15(2,3)7-13(19)18-8-12-10(16-9-17(12)4)6-11(18)14(20)21-5/h9,11H,6-8H2,1-5H3. The zero-order valence-electron chi connectivity index (χ0n) is 13.3. The van der Waals surface area contributed by atoms with Crippen LogP contribution in [-0.2, 0) is 34.3 Å². The summed E-state index contributed by atoms with van der Waals surface area (Å²) in [7, 11) is 3.25. The van der Waals surface area contributed by atoms with E-state index in [0.29, 0.717) is 19.4 Å². The van der Waals surface area contributed by atoms with Gasteiger partial charge in [0.25, 0.3) is 0 Å². The van der Waals surface area contributed by atoms with Crippen LogP contribution in [0.5, 0.6) is 0 Å². The third-order valence-electron chi connectivity index (χ3n) is 3.70. The van der Waals surface area contributed by atoms with E-state index in [1.165, 1.54) is 7.11 Å². The second-order valence-corrected chi connectivity index (χ2v) is 6.75. The maximum atomic E-state index is 12.6. The number of carbonyl (C=O) groups is 2. The summed E-state index contributed by atoms with van der Waals surface area (Å²) in [6, 6.07) is -0.577. The Kier molecular flexibility index (Phi) is 4.07. The lowest BCUT2D eigenvalue weighted by molar-refractivity contribution is -0.154. The number of fused-ring (bicyclic) bond motifs is 1. The number of ether oxygens (including phenoxy) is 1. The third kappa shape index (κ3) is 3.25. The minimum Gasteiger partial charge on any atom is -0.467 e. The molecule has 0 spiro atoms. The predicted molar refractivity (Wildman–Crippen MR) is 77.3 cm³/mol. The van der Waals surface area contributed by atoms with Crippen LogP contribution in [0.25, 0.3) is 0 Å². The smallest absolute Gasteiger partial charge is 0.329 e. The van der Waals surface area contributed by atoms with Crippen LogP contribution in [0.3, 0.4) is 0 Å². The molecule has 2 heterocycles. The van der Waals surface area contributed by atoms with Crippen LogP contribution >= 0.6 is 0 Å². The minimum atomic E-state index is -0.577. The minimum absolute atomic E-state index is 0.0234. The molecule has 0 bridgehead atoms. The Bertz CT molecular complexity index is 557. The Morgan fingerprint density at radius 2 is 2.10 bits per heavy atom. The number of methoxy groups -OCH3 is 1. The Hall–Kier alpha value is -1.85. The normalized spacial score (nSPS) is 18.3. The molecule has 0 saturated heterocycles. The average Bonchev–Trinajstić information content (AvgIpc) is 2.75. The summed E-state index contributed by atoms with van der Waals surface area (Å²) in [5.74, 6) is -0.404. The maximum Gasteiger partial charge on any atom is 0.329 e. The molecule has 21 heavy (non-hydrogen) atoms. The van der Waals surface area contributed by atoms with Crippen molar-refractivity contribution in [1.29, 1.82) is 0 Å². The van der Waals surface area contributed by atoms with Gasteiger partial charge < -0.3 is 14.2 Å². The van der Waals surface area contributed by atoms with Crippen LogP contribution in [0, 0.1) is 5.41 Å². The molecule has 0 saturated carbocycles. The number of carbonyl (C=O) groups excluding carboxylic acids is 2. The van der Waals surface area contributed by atoms with Gasteiger partial charge in [-0.15, -0.1) is 0 Å². The topological polar surface area (TPSA) is 64.4 Å². The quantitative estimate of drug-likeness (QED) is 0.771. The van der Waals surface area contributed by atoms with Gasteiger partial charge in [0.2, 0.25) is 5.91 Å². The lowest BCUT2D eigenvalue weighted by Gasteiger charge is -2.35. The molecule has 1 aliphatic rings. The number of imidazole rings is 1. The van der Waals surface area contributed by atoms with Gasteiger partial charge in [-0.3, -0.25) is 4.79 Å². The lowest BCUT2D eigenvalue weighted by atomic mass is 9.90. The third-order valence-corrected chi connectivity index (χ3v) is 3.70. The van der Waals surface area contributed by atoms with Crippen molar-refractivity contribution in [2.24, 2.45) is 12.5 Å². The number of aryl methyl sites for hydroxylation is 1. The highest BCUT2D eigenvalue weighted by atomic mass is 16.5. The van der Waals surface area contributed by atoms with E-state index >= 15 is 0 Å². The molecular formula is C15H23N3O3. The van der Waals surface area contributed by atoms with Crippen molar-refractivity contribution in [2.75, 3.05) is 7.11 Å². The van der Waals surface area contributed by atoms with Crippen LogP contribution in [0.4, 0.5) is 0 Å². The molecule has 0 radical (unpaired) electrons. The molecule has 6 heteroatoms. The summed E-state index contributed by atoms with van der Waals surface area (Å²) in [5, 5.41) is 0. The SMILES string of the molecule is COC(=O)C1Cc2ncn(C)c2CN1C(=O)CC(C)(C)C. The first-order valence-corrected chi connectivity index (χ1v) is 7.09. The molecule has 1 aromatic rings. The Morgan fingerprint density at radius 3 is 2.67 bits per heavy atom. The fourth-order valence-corrected chi connectivity index (χ4v) is 2.61. The van der Waals surface area contributed by atoms with Crippen molar-refractivity contribution < 1.29 is 14.3 Å². The van der Waals surface area contributed by atoms with Crippen molar-refractivity contribution in [1.82, 2.24) is 14.5 Å². The van der Waals surface area contributed by atoms with E-state index < -0.39 is 6.04 Å². The number of nitrogens with zero attached hydrogens (tertiary/aromatic N) is 3. The van der Waals surface area contributed by atoms with Gasteiger partial charge in [0.05, 0.1) is 31.4 Å². The molecule has 0 aromatic carbocycles. The van der Waals surface area contributed by atoms with E-state index in [-0.39, 0.29) is 17.3 Å². The number of aromatic nitrogens is 2. The van der Waals surface area contributed by atoms with E-state index in [0.717, 1.165) is 11.4 Å². The van der Waals surface area contributed by atoms with Gasteiger partial charge in [-0.1, -0.05) is 20.8 Å². The van der Waals surface area contributed by atoms with E-state index in [9.17, 15) is 9.59 Å². The Labute approximate surface area is 125 Å². The molecule has 1 aromatic heterocycles. The summed E-state index contributed by atoms with van der Waals surface area (Å²) in [4.78, 5) is 30.5. The molecule has 1 atom stereocenters. The van der Waals surface area contributed by atoms with E-state index in [4.69, 9.17) is 4.74 Å². The van der Waals surface area contributed by atoms with Crippen molar-refractivity contribution in [3.8, 4) is 0 Å². The van der Waals surface area contributed by atoms with E-state index in [2.05, 4.69) is 4.98 Å². The highest BCUT2D eigenvalue weighted by Crippen LogP contribution is 2.27. The monoisotopic (exact) mass is 293 g/mol. The molecule has 0 aliphatic carbocycles. The van der Waals surface area contributed by atoms with E-state index in [1.54, 1.807) is 11.2 Å². The van der Waals surface area contributed by atoms with E-state index in [1.807, 2.05) is 32.4 Å². The van der Waals surface area contributed by atoms with Gasteiger partial charge in [0.1, 0.15) is 6.04 Å². The highest BCUT2D eigenvalue weighted by Gasteiger charge is 2.38. The number of amides is 1. The zero-order valence-corrected chi connectivity index (χ0v) is 13.3. The highest BCUT2D eigenvalue weighted by molar-refractivity contribution is 5.85. The Balaban J connectivity index is 2.29. The van der Waals surface area contributed by atoms with Crippen molar-refractivity contribution in [3.05, 3.63) is 17.7 Å². The van der Waals surface area contributed by atoms with Crippen molar-refractivity contribution in [2.45, 2.75) is 46.2 Å². The summed E-state index contributed by atoms with van der Waals surface area (Å²) in [6.07, 6.45) is 2.53. The first kappa shape index (κ1) is 15.5. The van der Waals surface area contributed by atoms with Gasteiger partial charge in [-0.25, -0.2) is 9.78 Å². The summed E-state index contributed by atoms with van der Waals surface area (Å²) >= 11 is 0. The summed E-state index contributed by atoms with van der Waals surface area (Å²) < 4.78 is 6.76. The second kappa shape index (κ2) is 5.50. The summed E-state index contributed by atoms with van der Waals surface area (Å²) in [5.41, 5.74) is 1.73. The maximum absolute atomic E-state index is 12.6. The number of hydrogen-bond acceptors (Lipinski definition) is 4. The molecular weight excluding hydrogens is 270 g/mol. The van der Waals surface area contributed by atoms with Crippen LogP contribution in [-0.4, -0.2) is 39.5 Å². The fourth-order valence-electron chi connectivity index (χ4n) is 2.61. The molecule has 6 nitrogen and oxygen atoms in total. The van der Waals surface area contributed by atoms with Gasteiger partial charge in [-0.05, 0) is 5.41 Å². The first-order chi connectivity index (χ1) is 9.73. The fraction of sp³-hybridized carbons (Fsp3) is 0.667. The van der Waals surface area contributed by atoms with Crippen molar-refractivity contribution >= 4 is 11.9 Å². The molecule has 0 N–H and O–H groups in total. The van der Waals surface area contributed by atoms with Gasteiger partial charge in [0.15, 0.2) is 0 Å². The summed E-state index contributed by atoms with van der Waals surface area (Å²) in [6.45, 7) is 6.44. The molecule has 0 fully saturated rings. The van der Waals surface area contributed by atoms with Crippen molar-refractivity contribution in [3.63, 3.8) is 0 Å². The molecule has 116 valence electrons. The first-order valence-electron chi connectivity index (χ1n) is 7.09. The van der Waals surface area contributed by atoms with Gasteiger partial charge >= 0.3 is 5.97 Å².